The standard InChI is InChI=1S/C13H12N2/c1-2-4-10-9(3-1)5-13(6-11(10)13)12-7-14-8-15-12/h1-4,7-8,11H,5-6H2,(H,14,15)/t11-,13-/m1/s1. The van der Waals surface area contributed by atoms with Crippen molar-refractivity contribution in [2.24, 2.45) is 0 Å². The number of nitrogens with zero attached hydrogens (tertiary/aromatic N) is 1. The van der Waals surface area contributed by atoms with E-state index in [-0.39, 0.29) is 0 Å². The van der Waals surface area contributed by atoms with Crippen LogP contribution in [0.5, 0.6) is 0 Å². The Bertz CT molecular complexity index is 515. The molecule has 1 saturated carbocycles. The lowest BCUT2D eigenvalue weighted by atomic mass is 9.98. The maximum atomic E-state index is 4.15. The van der Waals surface area contributed by atoms with Crippen LogP contribution in [0.2, 0.25) is 0 Å². The van der Waals surface area contributed by atoms with Gasteiger partial charge in [-0.1, -0.05) is 24.3 Å². The van der Waals surface area contributed by atoms with Gasteiger partial charge in [0.1, 0.15) is 0 Å². The van der Waals surface area contributed by atoms with E-state index in [1.807, 2.05) is 6.20 Å². The van der Waals surface area contributed by atoms with Crippen LogP contribution in [0.1, 0.15) is 29.2 Å². The Labute approximate surface area is 88.4 Å². The maximum absolute atomic E-state index is 4.15. The Balaban J connectivity index is 1.84. The molecule has 1 aromatic carbocycles. The van der Waals surface area contributed by atoms with Gasteiger partial charge in [0.2, 0.25) is 0 Å². The van der Waals surface area contributed by atoms with E-state index in [0.29, 0.717) is 5.41 Å². The van der Waals surface area contributed by atoms with Crippen LogP contribution >= 0.6 is 0 Å². The number of aromatic nitrogens is 2. The second-order valence-electron chi connectivity index (χ2n) is 4.75. The van der Waals surface area contributed by atoms with E-state index in [1.165, 1.54) is 24.1 Å². The largest absolute Gasteiger partial charge is 0.348 e. The van der Waals surface area contributed by atoms with Gasteiger partial charge in [0, 0.05) is 17.3 Å². The number of aromatic amines is 1. The van der Waals surface area contributed by atoms with Gasteiger partial charge in [-0.15, -0.1) is 0 Å². The molecule has 2 aliphatic carbocycles. The van der Waals surface area contributed by atoms with E-state index >= 15 is 0 Å². The lowest BCUT2D eigenvalue weighted by molar-refractivity contribution is 0.679. The minimum absolute atomic E-state index is 0.375. The number of nitrogens with one attached hydrogen (secondary N) is 1. The highest BCUT2D eigenvalue weighted by molar-refractivity contribution is 5.51. The van der Waals surface area contributed by atoms with Crippen molar-refractivity contribution in [3.05, 3.63) is 53.6 Å². The lowest BCUT2D eigenvalue weighted by Crippen LogP contribution is -2.08. The van der Waals surface area contributed by atoms with Crippen LogP contribution in [0, 0.1) is 0 Å². The molecule has 0 amide bonds. The van der Waals surface area contributed by atoms with Gasteiger partial charge in [-0.05, 0) is 29.9 Å². The van der Waals surface area contributed by atoms with Gasteiger partial charge < -0.3 is 4.98 Å². The molecule has 1 heterocycles. The predicted molar refractivity (Wildman–Crippen MR) is 57.8 cm³/mol. The Morgan fingerprint density at radius 1 is 1.33 bits per heavy atom. The molecule has 0 unspecified atom stereocenters. The van der Waals surface area contributed by atoms with Crippen LogP contribution in [-0.4, -0.2) is 9.97 Å². The summed E-state index contributed by atoms with van der Waals surface area (Å²) in [6.45, 7) is 0. The van der Waals surface area contributed by atoms with Crippen LogP contribution in [0.3, 0.4) is 0 Å². The van der Waals surface area contributed by atoms with Crippen LogP contribution in [0.25, 0.3) is 0 Å². The summed E-state index contributed by atoms with van der Waals surface area (Å²) in [5.41, 5.74) is 4.79. The van der Waals surface area contributed by atoms with Crippen LogP contribution < -0.4 is 0 Å². The minimum Gasteiger partial charge on any atom is -0.348 e. The quantitative estimate of drug-likeness (QED) is 0.745. The molecule has 2 heteroatoms. The Morgan fingerprint density at radius 3 is 3.07 bits per heavy atom. The summed E-state index contributed by atoms with van der Waals surface area (Å²) in [6, 6.07) is 8.84. The van der Waals surface area contributed by atoms with Crippen LogP contribution in [0.4, 0.5) is 0 Å². The monoisotopic (exact) mass is 196 g/mol. The van der Waals surface area contributed by atoms with Gasteiger partial charge in [-0.3, -0.25) is 0 Å². The summed E-state index contributed by atoms with van der Waals surface area (Å²) in [7, 11) is 0. The van der Waals surface area contributed by atoms with Crippen molar-refractivity contribution in [2.45, 2.75) is 24.2 Å². The van der Waals surface area contributed by atoms with Crippen molar-refractivity contribution < 1.29 is 0 Å². The van der Waals surface area contributed by atoms with E-state index in [9.17, 15) is 0 Å². The smallest absolute Gasteiger partial charge is 0.0921 e. The van der Waals surface area contributed by atoms with Crippen molar-refractivity contribution in [1.82, 2.24) is 9.97 Å². The van der Waals surface area contributed by atoms with Gasteiger partial charge in [0.05, 0.1) is 6.33 Å². The number of benzene rings is 1. The fourth-order valence-electron chi connectivity index (χ4n) is 3.20. The van der Waals surface area contributed by atoms with E-state index in [0.717, 1.165) is 5.92 Å². The summed E-state index contributed by atoms with van der Waals surface area (Å²) in [5.74, 6) is 0.745. The van der Waals surface area contributed by atoms with E-state index in [2.05, 4.69) is 34.2 Å². The summed E-state index contributed by atoms with van der Waals surface area (Å²) in [4.78, 5) is 7.43. The summed E-state index contributed by atoms with van der Waals surface area (Å²) >= 11 is 0. The van der Waals surface area contributed by atoms with E-state index in [4.69, 9.17) is 0 Å². The average Bonchev–Trinajstić information content (AvgIpc) is 2.70. The Morgan fingerprint density at radius 2 is 2.27 bits per heavy atom. The molecule has 74 valence electrons. The molecule has 2 nitrogen and oxygen atoms in total. The third-order valence-electron chi connectivity index (χ3n) is 4.05. The first-order chi connectivity index (χ1) is 7.40. The first-order valence-corrected chi connectivity index (χ1v) is 5.47. The Hall–Kier alpha value is -1.57. The van der Waals surface area contributed by atoms with Gasteiger partial charge in [-0.25, -0.2) is 4.98 Å². The number of hydrogen-bond donors (Lipinski definition) is 1. The second-order valence-corrected chi connectivity index (χ2v) is 4.75. The second kappa shape index (κ2) is 2.32. The normalized spacial score (nSPS) is 31.1. The van der Waals surface area contributed by atoms with Crippen LogP contribution in [-0.2, 0) is 11.8 Å². The molecule has 4 rings (SSSR count). The topological polar surface area (TPSA) is 28.7 Å². The van der Waals surface area contributed by atoms with E-state index < -0.39 is 0 Å². The molecule has 15 heavy (non-hydrogen) atoms. The zero-order chi connectivity index (χ0) is 9.88. The van der Waals surface area contributed by atoms with Crippen molar-refractivity contribution in [2.75, 3.05) is 0 Å². The number of fused-ring (bicyclic) bond motifs is 3. The molecule has 0 radical (unpaired) electrons. The van der Waals surface area contributed by atoms with E-state index in [1.54, 1.807) is 11.9 Å². The summed E-state index contributed by atoms with van der Waals surface area (Å²) < 4.78 is 0. The molecule has 1 aromatic heterocycles. The zero-order valence-corrected chi connectivity index (χ0v) is 8.40. The third-order valence-corrected chi connectivity index (χ3v) is 4.05. The highest BCUT2D eigenvalue weighted by atomic mass is 14.9. The molecule has 1 fully saturated rings. The molecule has 2 aliphatic rings. The molecule has 0 bridgehead atoms. The molecular formula is C13H12N2. The lowest BCUT2D eigenvalue weighted by Gasteiger charge is -2.08. The van der Waals surface area contributed by atoms with Gasteiger partial charge in [-0.2, -0.15) is 0 Å². The highest BCUT2D eigenvalue weighted by Gasteiger charge is 2.61. The summed E-state index contributed by atoms with van der Waals surface area (Å²) in [5, 5.41) is 0. The van der Waals surface area contributed by atoms with Crippen molar-refractivity contribution in [1.29, 1.82) is 0 Å². The molecule has 0 saturated heterocycles. The molecule has 0 spiro atoms. The summed E-state index contributed by atoms with van der Waals surface area (Å²) in [6.07, 6.45) is 6.27. The molecule has 1 N–H and O–H groups in total. The zero-order valence-electron chi connectivity index (χ0n) is 8.40. The van der Waals surface area contributed by atoms with Crippen molar-refractivity contribution in [3.8, 4) is 0 Å². The SMILES string of the molecule is c1ccc2c(c1)C[C@@]1(c3cnc[nH]3)C[C@H]21. The minimum atomic E-state index is 0.375. The fraction of sp³-hybridized carbons (Fsp3) is 0.308. The molecular weight excluding hydrogens is 184 g/mol. The first-order valence-electron chi connectivity index (χ1n) is 5.47. The van der Waals surface area contributed by atoms with Crippen molar-refractivity contribution >= 4 is 0 Å². The number of H-pyrrole nitrogens is 1. The molecule has 0 aliphatic heterocycles. The van der Waals surface area contributed by atoms with Crippen molar-refractivity contribution in [3.63, 3.8) is 0 Å². The number of rotatable bonds is 1. The fourth-order valence-corrected chi connectivity index (χ4v) is 3.20. The molecule has 2 aromatic rings. The average molecular weight is 196 g/mol. The number of imidazole rings is 1. The highest BCUT2D eigenvalue weighted by Crippen LogP contribution is 2.66. The van der Waals surface area contributed by atoms with Gasteiger partial charge in [0.25, 0.3) is 0 Å². The van der Waals surface area contributed by atoms with Gasteiger partial charge in [0.15, 0.2) is 0 Å². The third kappa shape index (κ3) is 0.827. The van der Waals surface area contributed by atoms with Gasteiger partial charge >= 0.3 is 0 Å². The number of hydrogen-bond acceptors (Lipinski definition) is 1. The predicted octanol–water partition coefficient (Wildman–Crippen LogP) is 2.39. The van der Waals surface area contributed by atoms with Crippen LogP contribution in [0.15, 0.2) is 36.8 Å². The Kier molecular flexibility index (Phi) is 1.19. The molecule has 2 atom stereocenters. The first kappa shape index (κ1) is 7.69. The maximum Gasteiger partial charge on any atom is 0.0921 e.